The summed E-state index contributed by atoms with van der Waals surface area (Å²) in [5.74, 6) is 1.73. The van der Waals surface area contributed by atoms with Gasteiger partial charge in [-0.25, -0.2) is 4.98 Å². The predicted octanol–water partition coefficient (Wildman–Crippen LogP) is 2.74. The summed E-state index contributed by atoms with van der Waals surface area (Å²) in [6.45, 7) is 5.31. The third kappa shape index (κ3) is 3.77. The first-order chi connectivity index (χ1) is 14.9. The molecule has 31 heavy (non-hydrogen) atoms. The molecule has 0 bridgehead atoms. The van der Waals surface area contributed by atoms with Gasteiger partial charge in [0.2, 0.25) is 5.71 Å². The first kappa shape index (κ1) is 20.0. The number of fused-ring (bicyclic) bond motifs is 1. The van der Waals surface area contributed by atoms with Crippen molar-refractivity contribution in [1.29, 1.82) is 0 Å². The van der Waals surface area contributed by atoms with Crippen molar-refractivity contribution >= 4 is 28.4 Å². The van der Waals surface area contributed by atoms with Crippen LogP contribution in [0.15, 0.2) is 41.1 Å². The summed E-state index contributed by atoms with van der Waals surface area (Å²) in [6.07, 6.45) is 3.89. The molecule has 1 amide bonds. The minimum Gasteiger partial charge on any atom is -0.442 e. The highest BCUT2D eigenvalue weighted by Crippen LogP contribution is 2.48. The molecule has 0 unspecified atom stereocenters. The molecule has 0 aromatic carbocycles. The van der Waals surface area contributed by atoms with Gasteiger partial charge in [-0.05, 0) is 36.6 Å². The Bertz CT molecular complexity index is 1120. The molecule has 0 spiro atoms. The summed E-state index contributed by atoms with van der Waals surface area (Å²) in [5.41, 5.74) is 8.28. The Kier molecular flexibility index (Phi) is 4.91. The van der Waals surface area contributed by atoms with Crippen LogP contribution in [-0.4, -0.2) is 46.2 Å². The largest absolute Gasteiger partial charge is 0.442 e. The molecule has 2 fully saturated rings. The van der Waals surface area contributed by atoms with E-state index in [-0.39, 0.29) is 23.6 Å². The van der Waals surface area contributed by atoms with Gasteiger partial charge in [-0.15, -0.1) is 0 Å². The maximum Gasteiger partial charge on any atom is 0.274 e. The summed E-state index contributed by atoms with van der Waals surface area (Å²) >= 11 is 0. The molecule has 1 aliphatic carbocycles. The molecule has 1 saturated carbocycles. The van der Waals surface area contributed by atoms with Gasteiger partial charge in [0.1, 0.15) is 11.5 Å². The van der Waals surface area contributed by atoms with Gasteiger partial charge in [0.05, 0.1) is 23.7 Å². The average Bonchev–Trinajstić information content (AvgIpc) is 3.33. The van der Waals surface area contributed by atoms with Crippen LogP contribution in [0.1, 0.15) is 42.4 Å². The second-order valence-electron chi connectivity index (χ2n) is 8.94. The molecule has 0 radical (unpaired) electrons. The van der Waals surface area contributed by atoms with Crippen LogP contribution in [0, 0.1) is 11.8 Å². The fourth-order valence-electron chi connectivity index (χ4n) is 4.42. The molecule has 3 aromatic rings. The van der Waals surface area contributed by atoms with Crippen LogP contribution in [0.25, 0.3) is 11.1 Å². The molecule has 8 nitrogen and oxygen atoms in total. The minimum absolute atomic E-state index is 0.0203. The molecule has 3 aromatic heterocycles. The first-order valence-electron chi connectivity index (χ1n) is 10.7. The van der Waals surface area contributed by atoms with E-state index >= 15 is 0 Å². The number of hydrogen-bond donors (Lipinski definition) is 3. The monoisotopic (exact) mass is 421 g/mol. The molecule has 4 N–H and O–H groups in total. The average molecular weight is 422 g/mol. The fourth-order valence-corrected chi connectivity index (χ4v) is 4.42. The number of carbonyl (C=O) groups is 1. The molecule has 2 aliphatic rings. The van der Waals surface area contributed by atoms with Crippen molar-refractivity contribution in [2.45, 2.75) is 38.3 Å². The zero-order valence-corrected chi connectivity index (χ0v) is 17.7. The summed E-state index contributed by atoms with van der Waals surface area (Å²) in [5, 5.41) is 14.0. The molecular weight excluding hydrogens is 394 g/mol. The van der Waals surface area contributed by atoms with Crippen LogP contribution < -0.4 is 16.0 Å². The lowest BCUT2D eigenvalue weighted by atomic mass is 9.92. The number of nitrogens with two attached hydrogens (primary N) is 1. The summed E-state index contributed by atoms with van der Waals surface area (Å²) < 4.78 is 5.91. The number of nitrogens with zero attached hydrogens (tertiary/aromatic N) is 3. The van der Waals surface area contributed by atoms with E-state index in [9.17, 15) is 9.90 Å². The van der Waals surface area contributed by atoms with Crippen LogP contribution in [0.4, 0.5) is 11.4 Å². The van der Waals surface area contributed by atoms with Gasteiger partial charge in [-0.2, -0.15) is 0 Å². The lowest BCUT2D eigenvalue weighted by molar-refractivity contribution is 0.0785. The van der Waals surface area contributed by atoms with E-state index in [0.29, 0.717) is 36.3 Å². The van der Waals surface area contributed by atoms with E-state index in [1.165, 1.54) is 0 Å². The van der Waals surface area contributed by atoms with Gasteiger partial charge < -0.3 is 25.5 Å². The Morgan fingerprint density at radius 1 is 1.26 bits per heavy atom. The molecule has 162 valence electrons. The number of furan rings is 1. The number of pyridine rings is 2. The summed E-state index contributed by atoms with van der Waals surface area (Å²) in [6, 6.07) is 7.09. The van der Waals surface area contributed by atoms with Gasteiger partial charge in [-0.3, -0.25) is 9.78 Å². The molecule has 4 heterocycles. The highest BCUT2D eigenvalue weighted by molar-refractivity contribution is 6.05. The van der Waals surface area contributed by atoms with Crippen molar-refractivity contribution in [3.63, 3.8) is 0 Å². The highest BCUT2D eigenvalue weighted by Gasteiger charge is 2.37. The molecule has 5 rings (SSSR count). The lowest BCUT2D eigenvalue weighted by Gasteiger charge is -2.40. The third-order valence-electron chi connectivity index (χ3n) is 6.46. The molecule has 8 heteroatoms. The molecular formula is C23H27N5O3. The Labute approximate surface area is 180 Å². The van der Waals surface area contributed by atoms with E-state index in [0.717, 1.165) is 23.3 Å². The summed E-state index contributed by atoms with van der Waals surface area (Å²) in [7, 11) is 0. The minimum atomic E-state index is -0.538. The Morgan fingerprint density at radius 2 is 2.06 bits per heavy atom. The second-order valence-corrected chi connectivity index (χ2v) is 8.94. The van der Waals surface area contributed by atoms with E-state index in [1.54, 1.807) is 18.5 Å². The smallest absolute Gasteiger partial charge is 0.274 e. The number of anilines is 2. The van der Waals surface area contributed by atoms with Crippen molar-refractivity contribution in [1.82, 2.24) is 9.97 Å². The molecule has 1 saturated heterocycles. The number of nitrogens with one attached hydrogen (secondary N) is 1. The SMILES string of the molecule is C[C@H]1CN(c2ccncc2NC(=O)c2ccc3cc([C@@H]4C[C@@H]4C)oc3n2)C[C@@H](N)[C@@H]1O. The number of rotatable bonds is 4. The number of aliphatic hydroxyl groups is 1. The van der Waals surface area contributed by atoms with Crippen LogP contribution in [-0.2, 0) is 0 Å². The highest BCUT2D eigenvalue weighted by atomic mass is 16.3. The van der Waals surface area contributed by atoms with Crippen molar-refractivity contribution in [3.8, 4) is 0 Å². The maximum atomic E-state index is 13.0. The zero-order chi connectivity index (χ0) is 21.7. The predicted molar refractivity (Wildman–Crippen MR) is 118 cm³/mol. The number of aliphatic hydroxyl groups excluding tert-OH is 1. The maximum absolute atomic E-state index is 13.0. The lowest BCUT2D eigenvalue weighted by Crippen LogP contribution is -2.55. The normalized spacial score (nSPS) is 28.0. The van der Waals surface area contributed by atoms with E-state index in [1.807, 2.05) is 25.1 Å². The van der Waals surface area contributed by atoms with Crippen molar-refractivity contribution in [2.24, 2.45) is 17.6 Å². The quantitative estimate of drug-likeness (QED) is 0.593. The van der Waals surface area contributed by atoms with E-state index in [4.69, 9.17) is 10.2 Å². The zero-order valence-electron chi connectivity index (χ0n) is 17.7. The number of carbonyl (C=O) groups excluding carboxylic acids is 1. The van der Waals surface area contributed by atoms with Crippen LogP contribution in [0.3, 0.4) is 0 Å². The number of hydrogen-bond acceptors (Lipinski definition) is 7. The fraction of sp³-hybridized carbons (Fsp3) is 0.435. The molecule has 5 atom stereocenters. The van der Waals surface area contributed by atoms with Gasteiger partial charge in [0.15, 0.2) is 0 Å². The second kappa shape index (κ2) is 7.62. The number of aromatic nitrogens is 2. The van der Waals surface area contributed by atoms with E-state index < -0.39 is 6.10 Å². The van der Waals surface area contributed by atoms with E-state index in [2.05, 4.69) is 27.1 Å². The van der Waals surface area contributed by atoms with Crippen LogP contribution >= 0.6 is 0 Å². The van der Waals surface area contributed by atoms with Gasteiger partial charge in [0, 0.05) is 42.6 Å². The standard InChI is InChI=1S/C23H27N5O3/c1-12-7-15(12)20-8-14-3-4-17(27-23(14)31-20)22(30)26-18-9-25-6-5-19(18)28-10-13(2)21(29)16(24)11-28/h3-6,8-9,12-13,15-16,21,29H,7,10-11,24H2,1-2H3,(H,26,30)/t12-,13-,15+,16+,21+/m0/s1. The Balaban J connectivity index is 1.37. The molecule has 1 aliphatic heterocycles. The number of piperidine rings is 1. The number of amides is 1. The summed E-state index contributed by atoms with van der Waals surface area (Å²) in [4.78, 5) is 23.6. The van der Waals surface area contributed by atoms with Gasteiger partial charge >= 0.3 is 0 Å². The van der Waals surface area contributed by atoms with Crippen LogP contribution in [0.5, 0.6) is 0 Å². The van der Waals surface area contributed by atoms with Crippen molar-refractivity contribution in [3.05, 3.63) is 48.1 Å². The Morgan fingerprint density at radius 3 is 2.81 bits per heavy atom. The van der Waals surface area contributed by atoms with Crippen molar-refractivity contribution < 1.29 is 14.3 Å². The third-order valence-corrected chi connectivity index (χ3v) is 6.46. The van der Waals surface area contributed by atoms with Gasteiger partial charge in [0.25, 0.3) is 5.91 Å². The van der Waals surface area contributed by atoms with Crippen LogP contribution in [0.2, 0.25) is 0 Å². The first-order valence-corrected chi connectivity index (χ1v) is 10.7. The van der Waals surface area contributed by atoms with Crippen molar-refractivity contribution in [2.75, 3.05) is 23.3 Å². The Hall–Kier alpha value is -2.97. The topological polar surface area (TPSA) is 118 Å². The van der Waals surface area contributed by atoms with Gasteiger partial charge in [-0.1, -0.05) is 13.8 Å².